The van der Waals surface area contributed by atoms with Gasteiger partial charge in [-0.25, -0.2) is 0 Å². The second-order valence-electron chi connectivity index (χ2n) is 4.45. The van der Waals surface area contributed by atoms with Gasteiger partial charge in [-0.3, -0.25) is 9.69 Å². The molecule has 2 aliphatic heterocycles. The molecule has 2 fully saturated rings. The van der Waals surface area contributed by atoms with E-state index in [0.29, 0.717) is 17.2 Å². The fraction of sp³-hybridized carbons (Fsp3) is 0.909. The van der Waals surface area contributed by atoms with E-state index < -0.39 is 0 Å². The molecule has 2 saturated heterocycles. The minimum atomic E-state index is 0.295. The van der Waals surface area contributed by atoms with Crippen LogP contribution < -0.4 is 0 Å². The van der Waals surface area contributed by atoms with Gasteiger partial charge in [-0.1, -0.05) is 15.9 Å². The van der Waals surface area contributed by atoms with Crippen LogP contribution in [0.25, 0.3) is 0 Å². The van der Waals surface area contributed by atoms with Crippen molar-refractivity contribution in [2.45, 2.75) is 17.7 Å². The average molecular weight is 291 g/mol. The molecule has 1 unspecified atom stereocenters. The number of alkyl halides is 1. The first-order valence-corrected chi connectivity index (χ1v) is 6.89. The molecule has 2 rings (SSSR count). The maximum absolute atomic E-state index is 11.5. The Bertz CT molecular complexity index is 244. The van der Waals surface area contributed by atoms with Crippen LogP contribution >= 0.6 is 15.9 Å². The number of carbonyl (C=O) groups is 1. The van der Waals surface area contributed by atoms with Crippen molar-refractivity contribution >= 4 is 21.8 Å². The molecule has 0 aromatic rings. The number of amides is 1. The van der Waals surface area contributed by atoms with Crippen LogP contribution in [0.5, 0.6) is 0 Å². The van der Waals surface area contributed by atoms with E-state index in [0.717, 1.165) is 52.4 Å². The zero-order valence-corrected chi connectivity index (χ0v) is 11.1. The van der Waals surface area contributed by atoms with Crippen molar-refractivity contribution < 1.29 is 9.53 Å². The number of nitrogens with zero attached hydrogens (tertiary/aromatic N) is 2. The third kappa shape index (κ3) is 3.43. The minimum absolute atomic E-state index is 0.295. The third-order valence-electron chi connectivity index (χ3n) is 3.17. The summed E-state index contributed by atoms with van der Waals surface area (Å²) in [5.74, 6) is 0.295. The van der Waals surface area contributed by atoms with Crippen LogP contribution in [-0.2, 0) is 9.53 Å². The zero-order chi connectivity index (χ0) is 11.4. The van der Waals surface area contributed by atoms with Gasteiger partial charge in [0.1, 0.15) is 0 Å². The summed E-state index contributed by atoms with van der Waals surface area (Å²) < 4.78 is 5.30. The van der Waals surface area contributed by atoms with Crippen LogP contribution in [0.2, 0.25) is 0 Å². The van der Waals surface area contributed by atoms with Gasteiger partial charge in [0.15, 0.2) is 0 Å². The molecule has 0 saturated carbocycles. The van der Waals surface area contributed by atoms with E-state index in [9.17, 15) is 4.79 Å². The van der Waals surface area contributed by atoms with Gasteiger partial charge in [0.05, 0.1) is 13.2 Å². The van der Waals surface area contributed by atoms with Crippen molar-refractivity contribution in [1.29, 1.82) is 0 Å². The third-order valence-corrected chi connectivity index (χ3v) is 3.79. The van der Waals surface area contributed by atoms with Gasteiger partial charge < -0.3 is 9.64 Å². The average Bonchev–Trinajstić information content (AvgIpc) is 2.59. The standard InChI is InChI=1S/C11H19BrN2O2/c12-10-8-11(15)14(9-10)3-1-2-13-4-6-16-7-5-13/h10H,1-9H2. The Kier molecular flexibility index (Phi) is 4.61. The smallest absolute Gasteiger partial charge is 0.223 e. The summed E-state index contributed by atoms with van der Waals surface area (Å²) in [6, 6.07) is 0. The fourth-order valence-electron chi connectivity index (χ4n) is 2.25. The Hall–Kier alpha value is -0.130. The summed E-state index contributed by atoms with van der Waals surface area (Å²) >= 11 is 3.50. The van der Waals surface area contributed by atoms with Gasteiger partial charge in [-0.2, -0.15) is 0 Å². The molecule has 92 valence electrons. The molecule has 1 amide bonds. The molecule has 16 heavy (non-hydrogen) atoms. The van der Waals surface area contributed by atoms with Crippen LogP contribution in [0.4, 0.5) is 0 Å². The number of halogens is 1. The van der Waals surface area contributed by atoms with Gasteiger partial charge in [0, 0.05) is 44.0 Å². The van der Waals surface area contributed by atoms with Crippen molar-refractivity contribution in [3.63, 3.8) is 0 Å². The number of hydrogen-bond acceptors (Lipinski definition) is 3. The molecule has 0 aliphatic carbocycles. The van der Waals surface area contributed by atoms with Crippen LogP contribution in [0.15, 0.2) is 0 Å². The van der Waals surface area contributed by atoms with Crippen LogP contribution in [-0.4, -0.2) is 66.5 Å². The largest absolute Gasteiger partial charge is 0.379 e. The molecule has 0 radical (unpaired) electrons. The molecular formula is C11H19BrN2O2. The number of rotatable bonds is 4. The lowest BCUT2D eigenvalue weighted by Gasteiger charge is -2.27. The quantitative estimate of drug-likeness (QED) is 0.715. The zero-order valence-electron chi connectivity index (χ0n) is 9.53. The molecule has 2 aliphatic rings. The van der Waals surface area contributed by atoms with E-state index in [1.54, 1.807) is 0 Å². The number of carbonyl (C=O) groups excluding carboxylic acids is 1. The molecule has 5 heteroatoms. The molecule has 4 nitrogen and oxygen atoms in total. The van der Waals surface area contributed by atoms with Crippen molar-refractivity contribution in [2.24, 2.45) is 0 Å². The predicted octanol–water partition coefficient (Wildman–Crippen LogP) is 0.705. The van der Waals surface area contributed by atoms with Gasteiger partial charge in [-0.05, 0) is 6.42 Å². The van der Waals surface area contributed by atoms with Crippen molar-refractivity contribution in [1.82, 2.24) is 9.80 Å². The van der Waals surface area contributed by atoms with E-state index in [-0.39, 0.29) is 0 Å². The fourth-order valence-corrected chi connectivity index (χ4v) is 2.88. The summed E-state index contributed by atoms with van der Waals surface area (Å²) in [7, 11) is 0. The summed E-state index contributed by atoms with van der Waals surface area (Å²) in [4.78, 5) is 16.3. The Morgan fingerprint density at radius 1 is 1.31 bits per heavy atom. The lowest BCUT2D eigenvalue weighted by Crippen LogP contribution is -2.38. The maximum Gasteiger partial charge on any atom is 0.223 e. The Morgan fingerprint density at radius 2 is 2.06 bits per heavy atom. The Balaban J connectivity index is 1.62. The van der Waals surface area contributed by atoms with Gasteiger partial charge in [0.2, 0.25) is 5.91 Å². The summed E-state index contributed by atoms with van der Waals surface area (Å²) in [5.41, 5.74) is 0. The highest BCUT2D eigenvalue weighted by atomic mass is 79.9. The van der Waals surface area contributed by atoms with Gasteiger partial charge >= 0.3 is 0 Å². The van der Waals surface area contributed by atoms with Crippen LogP contribution in [0.1, 0.15) is 12.8 Å². The lowest BCUT2D eigenvalue weighted by atomic mass is 10.3. The predicted molar refractivity (Wildman–Crippen MR) is 65.8 cm³/mol. The summed E-state index contributed by atoms with van der Waals surface area (Å²) in [6.07, 6.45) is 1.74. The van der Waals surface area contributed by atoms with Crippen molar-refractivity contribution in [3.05, 3.63) is 0 Å². The van der Waals surface area contributed by atoms with E-state index >= 15 is 0 Å². The molecule has 0 bridgehead atoms. The highest BCUT2D eigenvalue weighted by molar-refractivity contribution is 9.09. The summed E-state index contributed by atoms with van der Waals surface area (Å²) in [5, 5.41) is 0. The highest BCUT2D eigenvalue weighted by Gasteiger charge is 2.27. The normalized spacial score (nSPS) is 27.7. The molecule has 1 atom stereocenters. The molecular weight excluding hydrogens is 272 g/mol. The number of ether oxygens (including phenoxy) is 1. The first-order chi connectivity index (χ1) is 7.75. The summed E-state index contributed by atoms with van der Waals surface area (Å²) in [6.45, 7) is 6.64. The van der Waals surface area contributed by atoms with Gasteiger partial charge in [0.25, 0.3) is 0 Å². The molecule has 0 N–H and O–H groups in total. The molecule has 2 heterocycles. The van der Waals surface area contributed by atoms with Crippen molar-refractivity contribution in [3.8, 4) is 0 Å². The first-order valence-electron chi connectivity index (χ1n) is 5.97. The second-order valence-corrected chi connectivity index (χ2v) is 5.74. The van der Waals surface area contributed by atoms with E-state index in [2.05, 4.69) is 20.8 Å². The topological polar surface area (TPSA) is 32.8 Å². The van der Waals surface area contributed by atoms with Gasteiger partial charge in [-0.15, -0.1) is 0 Å². The number of likely N-dealkylation sites (tertiary alicyclic amines) is 1. The number of morpholine rings is 1. The minimum Gasteiger partial charge on any atom is -0.379 e. The van der Waals surface area contributed by atoms with Crippen LogP contribution in [0, 0.1) is 0 Å². The SMILES string of the molecule is O=C1CC(Br)CN1CCCN1CCOCC1. The molecule has 0 aromatic carbocycles. The van der Waals surface area contributed by atoms with Crippen LogP contribution in [0.3, 0.4) is 0 Å². The maximum atomic E-state index is 11.5. The molecule has 0 aromatic heterocycles. The number of hydrogen-bond donors (Lipinski definition) is 0. The molecule has 0 spiro atoms. The second kappa shape index (κ2) is 5.98. The monoisotopic (exact) mass is 290 g/mol. The van der Waals surface area contributed by atoms with E-state index in [4.69, 9.17) is 4.74 Å². The lowest BCUT2D eigenvalue weighted by molar-refractivity contribution is -0.127. The highest BCUT2D eigenvalue weighted by Crippen LogP contribution is 2.18. The van der Waals surface area contributed by atoms with E-state index in [1.165, 1.54) is 0 Å². The van der Waals surface area contributed by atoms with E-state index in [1.807, 2.05) is 4.90 Å². The van der Waals surface area contributed by atoms with Crippen molar-refractivity contribution in [2.75, 3.05) is 45.9 Å². The Morgan fingerprint density at radius 3 is 2.69 bits per heavy atom. The first kappa shape index (κ1) is 12.3. The Labute approximate surface area is 105 Å².